The number of ether oxygens (including phenoxy) is 1. The molecule has 1 aromatic carbocycles. The summed E-state index contributed by atoms with van der Waals surface area (Å²) in [6.07, 6.45) is 0.983. The van der Waals surface area contributed by atoms with E-state index in [2.05, 4.69) is 15.4 Å². The zero-order valence-corrected chi connectivity index (χ0v) is 12.2. The highest BCUT2D eigenvalue weighted by Crippen LogP contribution is 2.23. The van der Waals surface area contributed by atoms with Gasteiger partial charge in [0, 0.05) is 31.1 Å². The largest absolute Gasteiger partial charge is 0.385 e. The van der Waals surface area contributed by atoms with E-state index in [4.69, 9.17) is 10.6 Å². The third kappa shape index (κ3) is 4.19. The molecule has 5 nitrogen and oxygen atoms in total. The minimum Gasteiger partial charge on any atom is -0.385 e. The maximum atomic E-state index is 5.47. The van der Waals surface area contributed by atoms with Crippen molar-refractivity contribution in [3.05, 3.63) is 36.4 Å². The van der Waals surface area contributed by atoms with Crippen molar-refractivity contribution in [2.45, 2.75) is 11.4 Å². The van der Waals surface area contributed by atoms with Crippen LogP contribution >= 0.6 is 11.8 Å². The van der Waals surface area contributed by atoms with Gasteiger partial charge in [-0.1, -0.05) is 30.3 Å². The van der Waals surface area contributed by atoms with E-state index in [0.717, 1.165) is 29.4 Å². The monoisotopic (exact) mass is 290 g/mol. The van der Waals surface area contributed by atoms with Crippen molar-refractivity contribution in [1.29, 1.82) is 0 Å². The van der Waals surface area contributed by atoms with Crippen LogP contribution < -0.4 is 11.3 Å². The molecule has 0 aliphatic carbocycles. The van der Waals surface area contributed by atoms with Crippen molar-refractivity contribution in [2.75, 3.05) is 24.9 Å². The van der Waals surface area contributed by atoms with Crippen LogP contribution in [0, 0.1) is 0 Å². The fraction of sp³-hybridized carbons (Fsp3) is 0.286. The number of hydrazine groups is 1. The third-order valence-electron chi connectivity index (χ3n) is 2.63. The Kier molecular flexibility index (Phi) is 5.79. The normalized spacial score (nSPS) is 10.5. The number of hydrogen-bond donors (Lipinski definition) is 2. The number of aromatic nitrogens is 2. The van der Waals surface area contributed by atoms with Crippen molar-refractivity contribution in [2.24, 2.45) is 5.84 Å². The van der Waals surface area contributed by atoms with Crippen LogP contribution in [0.1, 0.15) is 6.42 Å². The molecule has 0 fully saturated rings. The van der Waals surface area contributed by atoms with Gasteiger partial charge in [0.05, 0.1) is 0 Å². The first-order valence-corrected chi connectivity index (χ1v) is 7.35. The van der Waals surface area contributed by atoms with Gasteiger partial charge in [-0.2, -0.15) is 0 Å². The van der Waals surface area contributed by atoms with E-state index in [1.807, 2.05) is 36.4 Å². The highest BCUT2D eigenvalue weighted by Gasteiger charge is 2.06. The number of nitrogen functional groups attached to an aromatic ring is 1. The van der Waals surface area contributed by atoms with Gasteiger partial charge in [0.15, 0.2) is 5.82 Å². The number of rotatable bonds is 7. The predicted molar refractivity (Wildman–Crippen MR) is 82.5 cm³/mol. The number of thioether (sulfide) groups is 1. The Balaban J connectivity index is 2.16. The van der Waals surface area contributed by atoms with Crippen molar-refractivity contribution in [3.8, 4) is 11.4 Å². The summed E-state index contributed by atoms with van der Waals surface area (Å²) in [7, 11) is 1.71. The molecular formula is C14H18N4OS. The Labute approximate surface area is 122 Å². The third-order valence-corrected chi connectivity index (χ3v) is 3.62. The maximum Gasteiger partial charge on any atom is 0.162 e. The van der Waals surface area contributed by atoms with Gasteiger partial charge in [0.2, 0.25) is 0 Å². The van der Waals surface area contributed by atoms with Crippen LogP contribution in [0.25, 0.3) is 11.4 Å². The van der Waals surface area contributed by atoms with Crippen LogP contribution in [-0.2, 0) is 4.74 Å². The lowest BCUT2D eigenvalue weighted by atomic mass is 10.2. The van der Waals surface area contributed by atoms with E-state index in [1.165, 1.54) is 0 Å². The smallest absolute Gasteiger partial charge is 0.162 e. The van der Waals surface area contributed by atoms with Gasteiger partial charge in [-0.15, -0.1) is 11.8 Å². The zero-order valence-electron chi connectivity index (χ0n) is 11.4. The Morgan fingerprint density at radius 2 is 2.05 bits per heavy atom. The molecule has 3 N–H and O–H groups in total. The van der Waals surface area contributed by atoms with E-state index in [1.54, 1.807) is 18.9 Å². The second-order valence-electron chi connectivity index (χ2n) is 4.12. The fourth-order valence-electron chi connectivity index (χ4n) is 1.67. The average Bonchev–Trinajstić information content (AvgIpc) is 2.52. The summed E-state index contributed by atoms with van der Waals surface area (Å²) < 4.78 is 5.04. The standard InChI is InChI=1S/C14H18N4OS/c1-19-8-5-9-20-13-10-12(18-15)16-14(17-13)11-6-3-2-4-7-11/h2-4,6-7,10H,5,8-9,15H2,1H3,(H,16,17,18). The van der Waals surface area contributed by atoms with Crippen LogP contribution in [0.3, 0.4) is 0 Å². The summed E-state index contributed by atoms with van der Waals surface area (Å²) in [6, 6.07) is 11.7. The summed E-state index contributed by atoms with van der Waals surface area (Å²) >= 11 is 1.67. The first-order valence-electron chi connectivity index (χ1n) is 6.36. The van der Waals surface area contributed by atoms with Gasteiger partial charge < -0.3 is 10.2 Å². The first kappa shape index (κ1) is 14.8. The second kappa shape index (κ2) is 7.84. The number of benzene rings is 1. The Morgan fingerprint density at radius 1 is 1.25 bits per heavy atom. The van der Waals surface area contributed by atoms with E-state index in [9.17, 15) is 0 Å². The lowest BCUT2D eigenvalue weighted by Gasteiger charge is -2.07. The molecule has 2 rings (SSSR count). The number of anilines is 1. The minimum atomic E-state index is 0.619. The van der Waals surface area contributed by atoms with E-state index in [-0.39, 0.29) is 0 Å². The first-order chi connectivity index (χ1) is 9.83. The number of nitrogens with zero attached hydrogens (tertiary/aromatic N) is 2. The quantitative estimate of drug-likeness (QED) is 0.268. The summed E-state index contributed by atoms with van der Waals surface area (Å²) in [5, 5.41) is 0.905. The van der Waals surface area contributed by atoms with Crippen molar-refractivity contribution < 1.29 is 4.74 Å². The topological polar surface area (TPSA) is 73.1 Å². The summed E-state index contributed by atoms with van der Waals surface area (Å²) in [6.45, 7) is 0.756. The maximum absolute atomic E-state index is 5.47. The molecule has 0 aliphatic rings. The molecule has 0 saturated carbocycles. The molecule has 106 valence electrons. The summed E-state index contributed by atoms with van der Waals surface area (Å²) in [4.78, 5) is 8.95. The van der Waals surface area contributed by atoms with E-state index >= 15 is 0 Å². The Hall–Kier alpha value is -1.63. The van der Waals surface area contributed by atoms with Crippen molar-refractivity contribution >= 4 is 17.6 Å². The minimum absolute atomic E-state index is 0.619. The molecule has 0 aliphatic heterocycles. The van der Waals surface area contributed by atoms with Crippen molar-refractivity contribution in [3.63, 3.8) is 0 Å². The average molecular weight is 290 g/mol. The highest BCUT2D eigenvalue weighted by molar-refractivity contribution is 7.99. The number of methoxy groups -OCH3 is 1. The second-order valence-corrected chi connectivity index (χ2v) is 5.24. The van der Waals surface area contributed by atoms with E-state index in [0.29, 0.717) is 11.6 Å². The molecule has 0 amide bonds. The lowest BCUT2D eigenvalue weighted by molar-refractivity contribution is 0.200. The summed E-state index contributed by atoms with van der Waals surface area (Å²) in [5.74, 6) is 7.71. The van der Waals surface area contributed by atoms with E-state index < -0.39 is 0 Å². The van der Waals surface area contributed by atoms with Crippen LogP contribution in [0.15, 0.2) is 41.4 Å². The number of hydrogen-bond acceptors (Lipinski definition) is 6. The van der Waals surface area contributed by atoms with Gasteiger partial charge in [-0.3, -0.25) is 0 Å². The SMILES string of the molecule is COCCCSc1cc(NN)nc(-c2ccccc2)n1. The Morgan fingerprint density at radius 3 is 2.75 bits per heavy atom. The zero-order chi connectivity index (χ0) is 14.2. The predicted octanol–water partition coefficient (Wildman–Crippen LogP) is 2.56. The molecule has 0 bridgehead atoms. The van der Waals surface area contributed by atoms with Gasteiger partial charge in [0.25, 0.3) is 0 Å². The number of nitrogens with two attached hydrogens (primary N) is 1. The van der Waals surface area contributed by atoms with Gasteiger partial charge >= 0.3 is 0 Å². The highest BCUT2D eigenvalue weighted by atomic mass is 32.2. The molecule has 0 saturated heterocycles. The van der Waals surface area contributed by atoms with Crippen LogP contribution in [-0.4, -0.2) is 29.4 Å². The van der Waals surface area contributed by atoms with Crippen LogP contribution in [0.5, 0.6) is 0 Å². The molecule has 20 heavy (non-hydrogen) atoms. The lowest BCUT2D eigenvalue weighted by Crippen LogP contribution is -2.09. The molecule has 0 atom stereocenters. The Bertz CT molecular complexity index is 536. The van der Waals surface area contributed by atoms with Crippen LogP contribution in [0.2, 0.25) is 0 Å². The molecule has 0 unspecified atom stereocenters. The molecule has 0 spiro atoms. The molecular weight excluding hydrogens is 272 g/mol. The molecule has 0 radical (unpaired) electrons. The van der Waals surface area contributed by atoms with Gasteiger partial charge in [0.1, 0.15) is 10.8 Å². The molecule has 2 aromatic rings. The number of nitrogens with one attached hydrogen (secondary N) is 1. The molecule has 1 aromatic heterocycles. The fourth-order valence-corrected chi connectivity index (χ4v) is 2.49. The van der Waals surface area contributed by atoms with Gasteiger partial charge in [-0.05, 0) is 6.42 Å². The molecule has 1 heterocycles. The van der Waals surface area contributed by atoms with Gasteiger partial charge in [-0.25, -0.2) is 15.8 Å². The van der Waals surface area contributed by atoms with Crippen molar-refractivity contribution in [1.82, 2.24) is 9.97 Å². The molecule has 6 heteroatoms. The summed E-state index contributed by atoms with van der Waals surface area (Å²) in [5.41, 5.74) is 3.57. The van der Waals surface area contributed by atoms with Crippen LogP contribution in [0.4, 0.5) is 5.82 Å².